The second kappa shape index (κ2) is 8.45. The summed E-state index contributed by atoms with van der Waals surface area (Å²) in [5.74, 6) is 0. The normalized spacial score (nSPS) is 11.7. The fourth-order valence-corrected chi connectivity index (χ4v) is 2.88. The predicted octanol–water partition coefficient (Wildman–Crippen LogP) is 3.68. The lowest BCUT2D eigenvalue weighted by atomic mass is 10.1. The van der Waals surface area contributed by atoms with Gasteiger partial charge in [0.25, 0.3) is 5.56 Å². The van der Waals surface area contributed by atoms with Crippen LogP contribution < -0.4 is 5.56 Å². The highest BCUT2D eigenvalue weighted by atomic mass is 16.5. The van der Waals surface area contributed by atoms with Gasteiger partial charge in [0.1, 0.15) is 0 Å². The van der Waals surface area contributed by atoms with Crippen molar-refractivity contribution in [2.45, 2.75) is 13.3 Å². The van der Waals surface area contributed by atoms with E-state index >= 15 is 0 Å². The van der Waals surface area contributed by atoms with Crippen LogP contribution in [0.1, 0.15) is 18.9 Å². The molecule has 0 saturated carbocycles. The number of nitrogens with one attached hydrogen (secondary N) is 1. The van der Waals surface area contributed by atoms with Crippen LogP contribution in [0.25, 0.3) is 16.9 Å². The third-order valence-corrected chi connectivity index (χ3v) is 4.18. The minimum atomic E-state index is -0.0944. The van der Waals surface area contributed by atoms with Gasteiger partial charge >= 0.3 is 0 Å². The fraction of sp³-hybridized carbons (Fsp3) is 0.238. The van der Waals surface area contributed by atoms with Gasteiger partial charge in [-0.3, -0.25) is 14.9 Å². The number of hydrogen-bond donors (Lipinski definition) is 1. The number of H-pyrrole nitrogens is 1. The number of ether oxygens (including phenoxy) is 1. The van der Waals surface area contributed by atoms with Crippen LogP contribution in [-0.2, 0) is 4.74 Å². The first-order valence-electron chi connectivity index (χ1n) is 8.68. The van der Waals surface area contributed by atoms with Crippen LogP contribution in [0.4, 0.5) is 0 Å². The number of para-hydroxylation sites is 1. The molecular formula is C21H23N3O2. The lowest BCUT2D eigenvalue weighted by molar-refractivity contribution is 0.197. The summed E-state index contributed by atoms with van der Waals surface area (Å²) in [7, 11) is 1.68. The second-order valence-electron chi connectivity index (χ2n) is 6.02. The highest BCUT2D eigenvalue weighted by molar-refractivity contribution is 6.03. The third-order valence-electron chi connectivity index (χ3n) is 4.18. The molecule has 0 aliphatic carbocycles. The Morgan fingerprint density at radius 3 is 2.38 bits per heavy atom. The van der Waals surface area contributed by atoms with Gasteiger partial charge in [0.2, 0.25) is 0 Å². The fourth-order valence-electron chi connectivity index (χ4n) is 2.88. The van der Waals surface area contributed by atoms with Crippen LogP contribution in [0.15, 0.2) is 70.5 Å². The molecule has 26 heavy (non-hydrogen) atoms. The Balaban J connectivity index is 2.09. The van der Waals surface area contributed by atoms with E-state index in [4.69, 9.17) is 4.74 Å². The molecule has 0 bridgehead atoms. The first-order valence-corrected chi connectivity index (χ1v) is 8.68. The summed E-state index contributed by atoms with van der Waals surface area (Å²) in [5.41, 5.74) is 3.79. The largest absolute Gasteiger partial charge is 0.385 e. The molecule has 5 nitrogen and oxygen atoms in total. The Morgan fingerprint density at radius 1 is 1.08 bits per heavy atom. The van der Waals surface area contributed by atoms with E-state index < -0.39 is 0 Å². The van der Waals surface area contributed by atoms with Gasteiger partial charge < -0.3 is 4.74 Å². The minimum Gasteiger partial charge on any atom is -0.385 e. The van der Waals surface area contributed by atoms with Gasteiger partial charge in [0.05, 0.1) is 16.9 Å². The van der Waals surface area contributed by atoms with E-state index in [1.165, 1.54) is 0 Å². The summed E-state index contributed by atoms with van der Waals surface area (Å²) in [5, 5.41) is 3.26. The predicted molar refractivity (Wildman–Crippen MR) is 105 cm³/mol. The Bertz CT molecular complexity index is 925. The highest BCUT2D eigenvalue weighted by Crippen LogP contribution is 2.21. The number of benzene rings is 2. The zero-order chi connectivity index (χ0) is 18.4. The SMILES string of the molecule is COCCCN=C(C)c1c(-c2ccccc2)[nH]n(-c2ccccc2)c1=O. The van der Waals surface area contributed by atoms with E-state index in [0.717, 1.165) is 29.1 Å². The molecule has 0 unspecified atom stereocenters. The van der Waals surface area contributed by atoms with E-state index in [-0.39, 0.29) is 5.56 Å². The molecule has 0 fully saturated rings. The molecule has 1 N–H and O–H groups in total. The summed E-state index contributed by atoms with van der Waals surface area (Å²) < 4.78 is 6.64. The molecule has 0 radical (unpaired) electrons. The molecule has 0 amide bonds. The summed E-state index contributed by atoms with van der Waals surface area (Å²) in [4.78, 5) is 17.7. The van der Waals surface area contributed by atoms with E-state index in [9.17, 15) is 4.79 Å². The average molecular weight is 349 g/mol. The van der Waals surface area contributed by atoms with Crippen molar-refractivity contribution in [2.75, 3.05) is 20.3 Å². The summed E-state index contributed by atoms with van der Waals surface area (Å²) in [6.07, 6.45) is 0.825. The molecular weight excluding hydrogens is 326 g/mol. The number of aromatic nitrogens is 2. The first-order chi connectivity index (χ1) is 12.7. The second-order valence-corrected chi connectivity index (χ2v) is 6.02. The van der Waals surface area contributed by atoms with Crippen molar-refractivity contribution in [3.63, 3.8) is 0 Å². The van der Waals surface area contributed by atoms with Crippen molar-refractivity contribution in [1.82, 2.24) is 9.78 Å². The van der Waals surface area contributed by atoms with E-state index in [0.29, 0.717) is 18.7 Å². The Morgan fingerprint density at radius 2 is 1.73 bits per heavy atom. The number of rotatable bonds is 7. The number of nitrogens with zero attached hydrogens (tertiary/aromatic N) is 2. The highest BCUT2D eigenvalue weighted by Gasteiger charge is 2.18. The van der Waals surface area contributed by atoms with E-state index in [1.807, 2.05) is 67.6 Å². The molecule has 1 heterocycles. The van der Waals surface area contributed by atoms with Gasteiger partial charge in [-0.15, -0.1) is 0 Å². The molecule has 5 heteroatoms. The summed E-state index contributed by atoms with van der Waals surface area (Å²) >= 11 is 0. The quantitative estimate of drug-likeness (QED) is 0.522. The van der Waals surface area contributed by atoms with Gasteiger partial charge in [0, 0.05) is 31.5 Å². The summed E-state index contributed by atoms with van der Waals surface area (Å²) in [6, 6.07) is 19.4. The van der Waals surface area contributed by atoms with Crippen LogP contribution in [0.3, 0.4) is 0 Å². The van der Waals surface area contributed by atoms with Crippen molar-refractivity contribution < 1.29 is 4.74 Å². The minimum absolute atomic E-state index is 0.0944. The van der Waals surface area contributed by atoms with Crippen molar-refractivity contribution >= 4 is 5.71 Å². The maximum Gasteiger partial charge on any atom is 0.280 e. The smallest absolute Gasteiger partial charge is 0.280 e. The molecule has 0 aliphatic heterocycles. The zero-order valence-corrected chi connectivity index (χ0v) is 15.1. The molecule has 1 aromatic heterocycles. The van der Waals surface area contributed by atoms with Gasteiger partial charge in [-0.25, -0.2) is 4.68 Å². The van der Waals surface area contributed by atoms with E-state index in [2.05, 4.69) is 10.1 Å². The van der Waals surface area contributed by atoms with Gasteiger partial charge in [-0.1, -0.05) is 48.5 Å². The van der Waals surface area contributed by atoms with Crippen LogP contribution in [0.5, 0.6) is 0 Å². The Hall–Kier alpha value is -2.92. The van der Waals surface area contributed by atoms with Gasteiger partial charge in [-0.05, 0) is 25.5 Å². The lowest BCUT2D eigenvalue weighted by Crippen LogP contribution is -2.19. The van der Waals surface area contributed by atoms with E-state index in [1.54, 1.807) is 11.8 Å². The molecule has 3 aromatic rings. The molecule has 0 saturated heterocycles. The number of methoxy groups -OCH3 is 1. The van der Waals surface area contributed by atoms with Crippen molar-refractivity contribution in [1.29, 1.82) is 0 Å². The Labute approximate surface area is 153 Å². The van der Waals surface area contributed by atoms with Crippen LogP contribution in [0.2, 0.25) is 0 Å². The number of hydrogen-bond acceptors (Lipinski definition) is 3. The van der Waals surface area contributed by atoms with Crippen molar-refractivity contribution in [3.8, 4) is 16.9 Å². The summed E-state index contributed by atoms with van der Waals surface area (Å²) in [6.45, 7) is 3.17. The van der Waals surface area contributed by atoms with Crippen LogP contribution >= 0.6 is 0 Å². The molecule has 0 spiro atoms. The van der Waals surface area contributed by atoms with Crippen LogP contribution in [-0.4, -0.2) is 35.8 Å². The maximum atomic E-state index is 13.1. The van der Waals surface area contributed by atoms with Crippen LogP contribution in [0, 0.1) is 0 Å². The lowest BCUT2D eigenvalue weighted by Gasteiger charge is -2.03. The molecule has 134 valence electrons. The molecule has 3 rings (SSSR count). The topological polar surface area (TPSA) is 59.4 Å². The number of aliphatic imine (C=N–C) groups is 1. The molecule has 2 aromatic carbocycles. The van der Waals surface area contributed by atoms with Gasteiger partial charge in [-0.2, -0.15) is 0 Å². The van der Waals surface area contributed by atoms with Crippen molar-refractivity contribution in [3.05, 3.63) is 76.6 Å². The standard InChI is InChI=1S/C21H23N3O2/c1-16(22-14-9-15-26-2)19-20(17-10-5-3-6-11-17)23-24(21(19)25)18-12-7-4-8-13-18/h3-8,10-13,23H,9,14-15H2,1-2H3. The number of aromatic amines is 1. The first kappa shape index (κ1) is 17.9. The third kappa shape index (κ3) is 3.83. The zero-order valence-electron chi connectivity index (χ0n) is 15.1. The molecule has 0 atom stereocenters. The average Bonchev–Trinajstić information content (AvgIpc) is 3.04. The van der Waals surface area contributed by atoms with Gasteiger partial charge in [0.15, 0.2) is 0 Å². The maximum absolute atomic E-state index is 13.1. The Kier molecular flexibility index (Phi) is 5.81. The van der Waals surface area contributed by atoms with Crippen molar-refractivity contribution in [2.24, 2.45) is 4.99 Å². The molecule has 0 aliphatic rings. The monoisotopic (exact) mass is 349 g/mol.